The molecular weight excluding hydrogens is 424 g/mol. The quantitative estimate of drug-likeness (QED) is 0.300. The second kappa shape index (κ2) is 6.47. The van der Waals surface area contributed by atoms with Gasteiger partial charge in [-0.3, -0.25) is 4.79 Å². The first-order valence-corrected chi connectivity index (χ1v) is 13.6. The smallest absolute Gasteiger partial charge is 0.336 e. The highest BCUT2D eigenvalue weighted by atomic mass is 16.7. The molecule has 6 rings (SSSR count). The zero-order chi connectivity index (χ0) is 24.5. The number of ketones is 1. The number of carbonyl (C=O) groups excluding carboxylic acids is 2. The summed E-state index contributed by atoms with van der Waals surface area (Å²) in [4.78, 5) is 25.2. The molecule has 6 aliphatic rings. The summed E-state index contributed by atoms with van der Waals surface area (Å²) in [5, 5.41) is 0. The molecular formula is C30H42O4. The highest BCUT2D eigenvalue weighted by Crippen LogP contribution is 2.76. The Morgan fingerprint density at radius 2 is 1.74 bits per heavy atom. The summed E-state index contributed by atoms with van der Waals surface area (Å²) >= 11 is 0. The van der Waals surface area contributed by atoms with Crippen LogP contribution in [-0.2, 0) is 19.1 Å². The molecule has 1 saturated heterocycles. The van der Waals surface area contributed by atoms with Gasteiger partial charge in [0.25, 0.3) is 0 Å². The number of ether oxygens (including phenoxy) is 2. The molecule has 0 aromatic carbocycles. The van der Waals surface area contributed by atoms with Crippen molar-refractivity contribution >= 4 is 11.8 Å². The molecule has 34 heavy (non-hydrogen) atoms. The van der Waals surface area contributed by atoms with E-state index >= 15 is 0 Å². The minimum Gasteiger partial charge on any atom is -0.426 e. The Labute approximate surface area is 204 Å². The summed E-state index contributed by atoms with van der Waals surface area (Å²) in [6.45, 7) is 16.0. The second-order valence-electron chi connectivity index (χ2n) is 14.0. The topological polar surface area (TPSA) is 52.6 Å². The third kappa shape index (κ3) is 2.40. The van der Waals surface area contributed by atoms with Crippen LogP contribution < -0.4 is 0 Å². The highest BCUT2D eigenvalue weighted by molar-refractivity contribution is 5.90. The summed E-state index contributed by atoms with van der Waals surface area (Å²) in [7, 11) is 0. The Bertz CT molecular complexity index is 1050. The van der Waals surface area contributed by atoms with E-state index in [9.17, 15) is 9.59 Å². The standard InChI is InChI=1S/C30H42O4/c1-18-16-29(33-24(18)32)17-19(2)30(34-29)15-14-27(6)21-8-9-22-25(3,4)23(31)11-12-26(22,5)20(21)10-13-28(27,30)7/h8,16,19-20,22H,9-15,17H2,1-7H3/t19-,20-,22+,26-,27+,28+,29-,30+/m1/s1. The molecule has 4 fully saturated rings. The van der Waals surface area contributed by atoms with Gasteiger partial charge < -0.3 is 9.47 Å². The molecule has 2 heterocycles. The Morgan fingerprint density at radius 3 is 2.41 bits per heavy atom. The van der Waals surface area contributed by atoms with Crippen molar-refractivity contribution in [1.29, 1.82) is 0 Å². The Hall–Kier alpha value is -1.42. The van der Waals surface area contributed by atoms with Crippen LogP contribution >= 0.6 is 0 Å². The van der Waals surface area contributed by atoms with Crippen LogP contribution in [0.2, 0.25) is 0 Å². The maximum Gasteiger partial charge on any atom is 0.336 e. The lowest BCUT2D eigenvalue weighted by molar-refractivity contribution is -0.243. The zero-order valence-corrected chi connectivity index (χ0v) is 22.2. The van der Waals surface area contributed by atoms with Crippen LogP contribution in [0.1, 0.15) is 99.8 Å². The molecule has 4 nitrogen and oxygen atoms in total. The van der Waals surface area contributed by atoms with Gasteiger partial charge >= 0.3 is 5.97 Å². The zero-order valence-electron chi connectivity index (χ0n) is 22.2. The first kappa shape index (κ1) is 23.0. The third-order valence-corrected chi connectivity index (χ3v) is 12.5. The van der Waals surface area contributed by atoms with Gasteiger partial charge in [-0.15, -0.1) is 0 Å². The fraction of sp³-hybridized carbons (Fsp3) is 0.800. The molecule has 0 bridgehead atoms. The Morgan fingerprint density at radius 1 is 1.00 bits per heavy atom. The van der Waals surface area contributed by atoms with Gasteiger partial charge in [-0.2, -0.15) is 0 Å². The normalized spacial score (nSPS) is 53.3. The molecule has 4 heteroatoms. The van der Waals surface area contributed by atoms with Gasteiger partial charge in [0, 0.05) is 29.2 Å². The minimum absolute atomic E-state index is 0.00874. The minimum atomic E-state index is -0.878. The number of fused-ring (bicyclic) bond motifs is 6. The van der Waals surface area contributed by atoms with Gasteiger partial charge in [0.1, 0.15) is 5.78 Å². The Kier molecular flexibility index (Phi) is 4.38. The number of carbonyl (C=O) groups is 2. The van der Waals surface area contributed by atoms with E-state index in [0.29, 0.717) is 29.1 Å². The van der Waals surface area contributed by atoms with E-state index in [0.717, 1.165) is 51.4 Å². The van der Waals surface area contributed by atoms with E-state index in [1.165, 1.54) is 0 Å². The molecule has 3 saturated carbocycles. The predicted octanol–water partition coefficient (Wildman–Crippen LogP) is 6.54. The summed E-state index contributed by atoms with van der Waals surface area (Å²) < 4.78 is 12.9. The van der Waals surface area contributed by atoms with Crippen LogP contribution in [0.15, 0.2) is 23.3 Å². The summed E-state index contributed by atoms with van der Waals surface area (Å²) in [6, 6.07) is 0. The molecule has 8 atom stereocenters. The molecule has 0 aromatic rings. The molecule has 0 amide bonds. The van der Waals surface area contributed by atoms with E-state index in [1.807, 2.05) is 13.0 Å². The molecule has 0 aromatic heterocycles. The van der Waals surface area contributed by atoms with Crippen molar-refractivity contribution < 1.29 is 19.1 Å². The van der Waals surface area contributed by atoms with E-state index < -0.39 is 5.79 Å². The van der Waals surface area contributed by atoms with E-state index in [-0.39, 0.29) is 33.2 Å². The van der Waals surface area contributed by atoms with Crippen molar-refractivity contribution in [3.8, 4) is 0 Å². The van der Waals surface area contributed by atoms with Gasteiger partial charge in [0.05, 0.1) is 5.60 Å². The van der Waals surface area contributed by atoms with Crippen molar-refractivity contribution in [2.45, 2.75) is 111 Å². The van der Waals surface area contributed by atoms with Crippen LogP contribution in [0, 0.1) is 39.4 Å². The van der Waals surface area contributed by atoms with Crippen LogP contribution in [0.4, 0.5) is 0 Å². The lowest BCUT2D eigenvalue weighted by atomic mass is 9.40. The monoisotopic (exact) mass is 466 g/mol. The Balaban J connectivity index is 1.40. The predicted molar refractivity (Wildman–Crippen MR) is 131 cm³/mol. The van der Waals surface area contributed by atoms with Crippen molar-refractivity contribution in [2.75, 3.05) is 0 Å². The lowest BCUT2D eigenvalue weighted by Crippen LogP contribution is -2.60. The SMILES string of the molecule is CC1=C[C@@]2(C[C@@H](C)[C@]3(CC[C@@]4(C)C5=CC[C@H]6C(C)(C)C(=O)CC[C@]6(C)[C@@H]5CC[C@@]43C)O2)OC1=O. The largest absolute Gasteiger partial charge is 0.426 e. The molecule has 2 aliphatic heterocycles. The van der Waals surface area contributed by atoms with Gasteiger partial charge in [-0.05, 0) is 80.1 Å². The second-order valence-corrected chi connectivity index (χ2v) is 14.0. The van der Waals surface area contributed by atoms with Crippen molar-refractivity contribution in [3.05, 3.63) is 23.3 Å². The number of Topliss-reactive ketones (excluding diaryl/α,β-unsaturated/α-hetero) is 1. The molecule has 0 unspecified atom stereocenters. The third-order valence-electron chi connectivity index (χ3n) is 12.5. The summed E-state index contributed by atoms with van der Waals surface area (Å²) in [6.07, 6.45) is 12.4. The molecule has 186 valence electrons. The molecule has 0 radical (unpaired) electrons. The van der Waals surface area contributed by atoms with Gasteiger partial charge in [-0.1, -0.05) is 53.2 Å². The maximum atomic E-state index is 12.9. The van der Waals surface area contributed by atoms with Gasteiger partial charge in [-0.25, -0.2) is 4.79 Å². The fourth-order valence-corrected chi connectivity index (χ4v) is 10.4. The van der Waals surface area contributed by atoms with Crippen molar-refractivity contribution in [1.82, 2.24) is 0 Å². The molecule has 0 N–H and O–H groups in total. The average Bonchev–Trinajstić information content (AvgIpc) is 3.28. The van der Waals surface area contributed by atoms with E-state index in [2.05, 4.69) is 47.6 Å². The number of esters is 1. The van der Waals surface area contributed by atoms with E-state index in [4.69, 9.17) is 9.47 Å². The van der Waals surface area contributed by atoms with Crippen molar-refractivity contribution in [2.24, 2.45) is 39.4 Å². The van der Waals surface area contributed by atoms with Crippen LogP contribution in [0.3, 0.4) is 0 Å². The maximum absolute atomic E-state index is 12.9. The van der Waals surface area contributed by atoms with Gasteiger partial charge in [0.2, 0.25) is 5.79 Å². The summed E-state index contributed by atoms with van der Waals surface area (Å²) in [5.41, 5.74) is 2.04. The number of hydrogen-bond donors (Lipinski definition) is 0. The summed E-state index contributed by atoms with van der Waals surface area (Å²) in [5.74, 6) is 0.633. The lowest BCUT2D eigenvalue weighted by Gasteiger charge is -2.64. The number of rotatable bonds is 0. The first-order valence-electron chi connectivity index (χ1n) is 13.6. The fourth-order valence-electron chi connectivity index (χ4n) is 10.4. The highest BCUT2D eigenvalue weighted by Gasteiger charge is 2.75. The molecule has 4 aliphatic carbocycles. The van der Waals surface area contributed by atoms with Crippen molar-refractivity contribution in [3.63, 3.8) is 0 Å². The van der Waals surface area contributed by atoms with Crippen LogP contribution in [0.25, 0.3) is 0 Å². The van der Waals surface area contributed by atoms with Crippen LogP contribution in [0.5, 0.6) is 0 Å². The van der Waals surface area contributed by atoms with E-state index in [1.54, 1.807) is 5.57 Å². The average molecular weight is 467 g/mol. The van der Waals surface area contributed by atoms with Gasteiger partial charge in [0.15, 0.2) is 0 Å². The number of allylic oxidation sites excluding steroid dienone is 2. The number of hydrogen-bond acceptors (Lipinski definition) is 4. The molecule has 2 spiro atoms. The first-order chi connectivity index (χ1) is 15.7. The van der Waals surface area contributed by atoms with Crippen LogP contribution in [-0.4, -0.2) is 23.1 Å².